The molecule has 5 aromatic rings. The van der Waals surface area contributed by atoms with Crippen LogP contribution < -0.4 is 0 Å². The Morgan fingerprint density at radius 1 is 0.485 bits per heavy atom. The van der Waals surface area contributed by atoms with Crippen molar-refractivity contribution in [2.24, 2.45) is 0 Å². The normalized spacial score (nSPS) is 13.4. The highest BCUT2D eigenvalue weighted by Crippen LogP contribution is 2.48. The zero-order chi connectivity index (χ0) is 22.4. The molecule has 33 heavy (non-hydrogen) atoms. The average molecular weight is 425 g/mol. The highest BCUT2D eigenvalue weighted by molar-refractivity contribution is 5.81. The summed E-state index contributed by atoms with van der Waals surface area (Å²) < 4.78 is 0. The zero-order valence-electron chi connectivity index (χ0n) is 18.8. The Bertz CT molecular complexity index is 1410. The van der Waals surface area contributed by atoms with Gasteiger partial charge in [0, 0.05) is 16.5 Å². The number of fused-ring (bicyclic) bond motifs is 3. The summed E-state index contributed by atoms with van der Waals surface area (Å²) in [6.45, 7) is 4.56. The van der Waals surface area contributed by atoms with Crippen LogP contribution in [0.15, 0.2) is 109 Å². The Morgan fingerprint density at radius 3 is 1.88 bits per heavy atom. The van der Waals surface area contributed by atoms with Gasteiger partial charge in [-0.3, -0.25) is 0 Å². The lowest BCUT2D eigenvalue weighted by atomic mass is 9.83. The summed E-state index contributed by atoms with van der Waals surface area (Å²) in [5.74, 6) is 0. The van der Waals surface area contributed by atoms with Gasteiger partial charge in [0.15, 0.2) is 0 Å². The van der Waals surface area contributed by atoms with E-state index in [1.54, 1.807) is 0 Å². The first-order valence-corrected chi connectivity index (χ1v) is 11.4. The molecule has 158 valence electrons. The van der Waals surface area contributed by atoms with Crippen molar-refractivity contribution in [3.63, 3.8) is 0 Å². The Kier molecular flexibility index (Phi) is 4.48. The Labute approximate surface area is 194 Å². The third kappa shape index (κ3) is 3.27. The summed E-state index contributed by atoms with van der Waals surface area (Å²) in [7, 11) is 0. The Balaban J connectivity index is 1.55. The lowest BCUT2D eigenvalue weighted by Crippen LogP contribution is -2.14. The minimum absolute atomic E-state index is 0.0496. The maximum absolute atomic E-state index is 5.17. The van der Waals surface area contributed by atoms with Crippen LogP contribution in [0.5, 0.6) is 0 Å². The molecule has 2 nitrogen and oxygen atoms in total. The quantitative estimate of drug-likeness (QED) is 0.295. The van der Waals surface area contributed by atoms with Crippen molar-refractivity contribution in [3.05, 3.63) is 120 Å². The molecule has 0 N–H and O–H groups in total. The molecule has 3 aromatic carbocycles. The molecule has 0 bridgehead atoms. The van der Waals surface area contributed by atoms with Gasteiger partial charge in [0.05, 0.1) is 22.8 Å². The molecule has 1 aliphatic carbocycles. The summed E-state index contributed by atoms with van der Waals surface area (Å²) >= 11 is 0. The van der Waals surface area contributed by atoms with Crippen molar-refractivity contribution in [2.75, 3.05) is 0 Å². The summed E-state index contributed by atoms with van der Waals surface area (Å²) in [6, 6.07) is 38.1. The fourth-order valence-electron chi connectivity index (χ4n) is 4.91. The van der Waals surface area contributed by atoms with Gasteiger partial charge < -0.3 is 0 Å². The van der Waals surface area contributed by atoms with E-state index in [4.69, 9.17) is 9.97 Å². The van der Waals surface area contributed by atoms with Crippen molar-refractivity contribution < 1.29 is 0 Å². The zero-order valence-corrected chi connectivity index (χ0v) is 18.8. The first-order valence-electron chi connectivity index (χ1n) is 11.4. The minimum atomic E-state index is -0.0496. The van der Waals surface area contributed by atoms with E-state index in [1.807, 2.05) is 12.1 Å². The number of hydrogen-bond donors (Lipinski definition) is 0. The van der Waals surface area contributed by atoms with E-state index in [2.05, 4.69) is 111 Å². The molecule has 0 spiro atoms. The highest BCUT2D eigenvalue weighted by Gasteiger charge is 2.36. The summed E-state index contributed by atoms with van der Waals surface area (Å²) in [4.78, 5) is 10.2. The van der Waals surface area contributed by atoms with Gasteiger partial charge in [-0.05, 0) is 40.5 Å². The van der Waals surface area contributed by atoms with Gasteiger partial charge in [0.1, 0.15) is 0 Å². The van der Waals surface area contributed by atoms with Gasteiger partial charge in [-0.25, -0.2) is 9.97 Å². The van der Waals surface area contributed by atoms with Gasteiger partial charge in [-0.15, -0.1) is 0 Å². The van der Waals surface area contributed by atoms with Crippen molar-refractivity contribution in [1.29, 1.82) is 0 Å². The number of nitrogens with zero attached hydrogens (tertiary/aromatic N) is 2. The van der Waals surface area contributed by atoms with Crippen molar-refractivity contribution in [1.82, 2.24) is 9.97 Å². The molecule has 0 unspecified atom stereocenters. The number of rotatable bonds is 3. The highest BCUT2D eigenvalue weighted by atomic mass is 14.8. The van der Waals surface area contributed by atoms with Gasteiger partial charge in [-0.1, -0.05) is 105 Å². The molecule has 0 saturated heterocycles. The van der Waals surface area contributed by atoms with Crippen LogP contribution in [0.3, 0.4) is 0 Å². The molecule has 0 radical (unpaired) electrons. The Hall–Kier alpha value is -4.04. The summed E-state index contributed by atoms with van der Waals surface area (Å²) in [5.41, 5.74) is 11.0. The predicted octanol–water partition coefficient (Wildman–Crippen LogP) is 7.78. The second-order valence-corrected chi connectivity index (χ2v) is 9.12. The van der Waals surface area contributed by atoms with E-state index in [0.29, 0.717) is 0 Å². The average Bonchev–Trinajstić information content (AvgIpc) is 3.11. The topological polar surface area (TPSA) is 25.8 Å². The molecule has 6 rings (SSSR count). The monoisotopic (exact) mass is 424 g/mol. The van der Waals surface area contributed by atoms with Crippen LogP contribution in [-0.2, 0) is 5.41 Å². The molecule has 0 aliphatic heterocycles. The van der Waals surface area contributed by atoms with E-state index in [9.17, 15) is 0 Å². The van der Waals surface area contributed by atoms with E-state index >= 15 is 0 Å². The molecule has 0 amide bonds. The molecule has 0 fully saturated rings. The fourth-order valence-corrected chi connectivity index (χ4v) is 4.91. The minimum Gasteiger partial charge on any atom is -0.246 e. The van der Waals surface area contributed by atoms with E-state index in [0.717, 1.165) is 33.9 Å². The number of benzene rings is 3. The molecule has 2 heteroatoms. The van der Waals surface area contributed by atoms with E-state index in [1.165, 1.54) is 22.3 Å². The molecule has 0 saturated carbocycles. The molecule has 0 atom stereocenters. The van der Waals surface area contributed by atoms with Gasteiger partial charge in [0.25, 0.3) is 0 Å². The third-order valence-corrected chi connectivity index (χ3v) is 6.69. The van der Waals surface area contributed by atoms with Crippen LogP contribution in [-0.4, -0.2) is 9.97 Å². The van der Waals surface area contributed by atoms with Gasteiger partial charge in [0.2, 0.25) is 0 Å². The molecular formula is C31H24N2. The van der Waals surface area contributed by atoms with Gasteiger partial charge in [-0.2, -0.15) is 0 Å². The lowest BCUT2D eigenvalue weighted by molar-refractivity contribution is 0.659. The van der Waals surface area contributed by atoms with Gasteiger partial charge >= 0.3 is 0 Å². The number of pyridine rings is 2. The SMILES string of the molecule is CC1(C)c2ccccc2-c2nc(-c3cc(-c4ccccc4)cc(-c4ccccc4)n3)ccc21. The molecule has 2 heterocycles. The standard InChI is InChI=1S/C31H24N2/c1-31(2)25-16-10-9-15-24(25)30-26(31)17-18-27(33-30)29-20-23(21-11-5-3-6-12-21)19-28(32-29)22-13-7-4-8-14-22/h3-20H,1-2H3. The molecule has 1 aliphatic rings. The van der Waals surface area contributed by atoms with Crippen LogP contribution >= 0.6 is 0 Å². The largest absolute Gasteiger partial charge is 0.246 e. The summed E-state index contributed by atoms with van der Waals surface area (Å²) in [5, 5.41) is 0. The number of aromatic nitrogens is 2. The smallest absolute Gasteiger partial charge is 0.0900 e. The lowest BCUT2D eigenvalue weighted by Gasteiger charge is -2.20. The van der Waals surface area contributed by atoms with Crippen molar-refractivity contribution in [2.45, 2.75) is 19.3 Å². The van der Waals surface area contributed by atoms with Crippen LogP contribution in [0.4, 0.5) is 0 Å². The van der Waals surface area contributed by atoms with E-state index in [-0.39, 0.29) is 5.41 Å². The second-order valence-electron chi connectivity index (χ2n) is 9.12. The summed E-state index contributed by atoms with van der Waals surface area (Å²) in [6.07, 6.45) is 0. The number of hydrogen-bond acceptors (Lipinski definition) is 2. The third-order valence-electron chi connectivity index (χ3n) is 6.69. The van der Waals surface area contributed by atoms with E-state index < -0.39 is 0 Å². The first-order chi connectivity index (χ1) is 16.1. The molecule has 2 aromatic heterocycles. The molecular weight excluding hydrogens is 400 g/mol. The predicted molar refractivity (Wildman–Crippen MR) is 136 cm³/mol. The van der Waals surface area contributed by atoms with Crippen LogP contribution in [0.25, 0.3) is 45.0 Å². The van der Waals surface area contributed by atoms with Crippen LogP contribution in [0.1, 0.15) is 25.0 Å². The first kappa shape index (κ1) is 19.6. The van der Waals surface area contributed by atoms with Crippen molar-refractivity contribution in [3.8, 4) is 45.0 Å². The fraction of sp³-hybridized carbons (Fsp3) is 0.0968. The van der Waals surface area contributed by atoms with Crippen LogP contribution in [0.2, 0.25) is 0 Å². The maximum atomic E-state index is 5.17. The Morgan fingerprint density at radius 2 is 1.12 bits per heavy atom. The van der Waals surface area contributed by atoms with Crippen LogP contribution in [0, 0.1) is 0 Å². The van der Waals surface area contributed by atoms with Crippen molar-refractivity contribution >= 4 is 0 Å². The maximum Gasteiger partial charge on any atom is 0.0900 e. The second kappa shape index (κ2) is 7.53.